The number of hydrogen-bond acceptors (Lipinski definition) is 2. The first-order chi connectivity index (χ1) is 14.2. The van der Waals surface area contributed by atoms with Crippen LogP contribution < -0.4 is 4.74 Å². The molecule has 0 saturated carbocycles. The number of hydrogen-bond donors (Lipinski definition) is 0. The van der Waals surface area contributed by atoms with Gasteiger partial charge in [0, 0.05) is 5.56 Å². The maximum Gasteiger partial charge on any atom is 0.343 e. The molecule has 0 spiro atoms. The lowest BCUT2D eigenvalue weighted by molar-refractivity contribution is 0.0731. The number of ether oxygens (including phenoxy) is 1. The fourth-order valence-electron chi connectivity index (χ4n) is 4.22. The largest absolute Gasteiger partial charge is 0.423 e. The second kappa shape index (κ2) is 8.36. The molecule has 0 saturated heterocycles. The predicted octanol–water partition coefficient (Wildman–Crippen LogP) is 8.40. The highest BCUT2D eigenvalue weighted by Crippen LogP contribution is 2.37. The van der Waals surface area contributed by atoms with Crippen molar-refractivity contribution in [1.82, 2.24) is 0 Å². The summed E-state index contributed by atoms with van der Waals surface area (Å²) in [7, 11) is 0. The molecule has 0 aromatic heterocycles. The molecular weight excluding hydrogens is 392 g/mol. The topological polar surface area (TPSA) is 26.3 Å². The Bertz CT molecular complexity index is 962. The Hall–Kier alpha value is -2.09. The molecule has 2 nitrogen and oxygen atoms in total. The standard InChI is InChI=1S/C30H44O2/c1-19-22(28(5,6)7)16-20(17-23(19)29(8,9)10)26(31)32-25-15-14-21(27(2,3)4)18-24(25)30(11,12)13/h14-18H,1-13H3. The van der Waals surface area contributed by atoms with Gasteiger partial charge in [0.2, 0.25) is 0 Å². The van der Waals surface area contributed by atoms with Crippen molar-refractivity contribution in [3.8, 4) is 5.75 Å². The molecule has 0 radical (unpaired) electrons. The van der Waals surface area contributed by atoms with Crippen LogP contribution in [0.2, 0.25) is 0 Å². The van der Waals surface area contributed by atoms with Crippen molar-refractivity contribution in [2.45, 2.75) is 112 Å². The summed E-state index contributed by atoms with van der Waals surface area (Å²) in [4.78, 5) is 13.4. The average Bonchev–Trinajstić information content (AvgIpc) is 2.58. The molecule has 0 fully saturated rings. The van der Waals surface area contributed by atoms with Crippen LogP contribution in [0.1, 0.15) is 121 Å². The molecule has 2 rings (SSSR count). The van der Waals surface area contributed by atoms with E-state index >= 15 is 0 Å². The second-order valence-corrected chi connectivity index (χ2v) is 13.3. The van der Waals surface area contributed by atoms with Crippen molar-refractivity contribution in [3.05, 3.63) is 63.7 Å². The summed E-state index contributed by atoms with van der Waals surface area (Å²) < 4.78 is 6.06. The van der Waals surface area contributed by atoms with E-state index in [4.69, 9.17) is 4.74 Å². The lowest BCUT2D eigenvalue weighted by Gasteiger charge is -2.30. The molecule has 0 atom stereocenters. The molecule has 2 aromatic rings. The quantitative estimate of drug-likeness (QED) is 0.349. The van der Waals surface area contributed by atoms with E-state index in [0.29, 0.717) is 11.3 Å². The Morgan fingerprint density at radius 3 is 1.44 bits per heavy atom. The minimum atomic E-state index is -0.296. The van der Waals surface area contributed by atoms with Crippen LogP contribution in [0.25, 0.3) is 0 Å². The zero-order valence-electron chi connectivity index (χ0n) is 22.7. The van der Waals surface area contributed by atoms with Crippen LogP contribution in [0.5, 0.6) is 5.75 Å². The van der Waals surface area contributed by atoms with Crippen molar-refractivity contribution in [2.24, 2.45) is 0 Å². The first kappa shape index (κ1) is 26.2. The van der Waals surface area contributed by atoms with Crippen LogP contribution in [0.3, 0.4) is 0 Å². The van der Waals surface area contributed by atoms with E-state index in [1.165, 1.54) is 22.3 Å². The van der Waals surface area contributed by atoms with Crippen molar-refractivity contribution in [3.63, 3.8) is 0 Å². The van der Waals surface area contributed by atoms with E-state index in [1.807, 2.05) is 18.2 Å². The van der Waals surface area contributed by atoms with E-state index in [-0.39, 0.29) is 27.6 Å². The first-order valence-electron chi connectivity index (χ1n) is 11.8. The molecule has 2 heteroatoms. The van der Waals surface area contributed by atoms with Gasteiger partial charge >= 0.3 is 5.97 Å². The Labute approximate surface area is 196 Å². The molecule has 0 unspecified atom stereocenters. The Kier molecular flexibility index (Phi) is 6.83. The molecule has 0 aliphatic carbocycles. The normalized spacial score (nSPS) is 13.3. The Balaban J connectivity index is 2.61. The number of carbonyl (C=O) groups is 1. The van der Waals surface area contributed by atoms with Crippen LogP contribution in [0.15, 0.2) is 30.3 Å². The van der Waals surface area contributed by atoms with Crippen LogP contribution in [0.4, 0.5) is 0 Å². The molecule has 0 aliphatic heterocycles. The molecule has 2 aromatic carbocycles. The first-order valence-corrected chi connectivity index (χ1v) is 11.8. The zero-order valence-corrected chi connectivity index (χ0v) is 22.7. The van der Waals surface area contributed by atoms with Crippen LogP contribution in [-0.2, 0) is 21.7 Å². The summed E-state index contributed by atoms with van der Waals surface area (Å²) >= 11 is 0. The average molecular weight is 437 g/mol. The van der Waals surface area contributed by atoms with E-state index in [2.05, 4.69) is 102 Å². The summed E-state index contributed by atoms with van der Waals surface area (Å²) in [6.45, 7) is 28.4. The third kappa shape index (κ3) is 5.82. The van der Waals surface area contributed by atoms with Gasteiger partial charge in [-0.3, -0.25) is 0 Å². The van der Waals surface area contributed by atoms with Gasteiger partial charge in [0.15, 0.2) is 0 Å². The van der Waals surface area contributed by atoms with Crippen molar-refractivity contribution >= 4 is 5.97 Å². The van der Waals surface area contributed by atoms with Gasteiger partial charge in [-0.15, -0.1) is 0 Å². The molecule has 0 aliphatic rings. The van der Waals surface area contributed by atoms with Crippen molar-refractivity contribution < 1.29 is 9.53 Å². The van der Waals surface area contributed by atoms with E-state index in [0.717, 1.165) is 5.56 Å². The smallest absolute Gasteiger partial charge is 0.343 e. The molecule has 0 amide bonds. The molecule has 0 heterocycles. The number of esters is 1. The van der Waals surface area contributed by atoms with E-state index < -0.39 is 0 Å². The second-order valence-electron chi connectivity index (χ2n) is 13.3. The van der Waals surface area contributed by atoms with Crippen molar-refractivity contribution in [2.75, 3.05) is 0 Å². The van der Waals surface area contributed by atoms with Gasteiger partial charge in [0.1, 0.15) is 5.75 Å². The monoisotopic (exact) mass is 436 g/mol. The maximum atomic E-state index is 13.4. The van der Waals surface area contributed by atoms with Gasteiger partial charge in [-0.2, -0.15) is 0 Å². The van der Waals surface area contributed by atoms with Gasteiger partial charge in [-0.1, -0.05) is 95.2 Å². The van der Waals surface area contributed by atoms with E-state index in [9.17, 15) is 4.79 Å². The lowest BCUT2D eigenvalue weighted by atomic mass is 9.76. The predicted molar refractivity (Wildman–Crippen MR) is 137 cm³/mol. The SMILES string of the molecule is Cc1c(C(C)(C)C)cc(C(=O)Oc2ccc(C(C)(C)C)cc2C(C)(C)C)cc1C(C)(C)C. The molecule has 32 heavy (non-hydrogen) atoms. The highest BCUT2D eigenvalue weighted by atomic mass is 16.5. The van der Waals surface area contributed by atoms with E-state index in [1.54, 1.807) is 0 Å². The molecule has 0 bridgehead atoms. The molecular formula is C30H44O2. The van der Waals surface area contributed by atoms with Crippen molar-refractivity contribution in [1.29, 1.82) is 0 Å². The minimum Gasteiger partial charge on any atom is -0.423 e. The summed E-state index contributed by atoms with van der Waals surface area (Å²) in [5.74, 6) is 0.348. The van der Waals surface area contributed by atoms with Crippen LogP contribution >= 0.6 is 0 Å². The number of carbonyl (C=O) groups excluding carboxylic acids is 1. The summed E-state index contributed by atoms with van der Waals surface area (Å²) in [5, 5.41) is 0. The third-order valence-corrected chi connectivity index (χ3v) is 6.12. The number of benzene rings is 2. The highest BCUT2D eigenvalue weighted by Gasteiger charge is 2.28. The summed E-state index contributed by atoms with van der Waals surface area (Å²) in [6, 6.07) is 10.3. The molecule has 0 N–H and O–H groups in total. The van der Waals surface area contributed by atoms with Gasteiger partial charge in [-0.25, -0.2) is 4.79 Å². The Morgan fingerprint density at radius 1 is 0.625 bits per heavy atom. The van der Waals surface area contributed by atoms with Gasteiger partial charge in [-0.05, 0) is 69.0 Å². The van der Waals surface area contributed by atoms with Crippen LogP contribution in [0, 0.1) is 6.92 Å². The number of rotatable bonds is 2. The fraction of sp³-hybridized carbons (Fsp3) is 0.567. The van der Waals surface area contributed by atoms with Gasteiger partial charge in [0.25, 0.3) is 0 Å². The molecule has 176 valence electrons. The minimum absolute atomic E-state index is 0.0305. The summed E-state index contributed by atoms with van der Waals surface area (Å²) in [5.41, 5.74) is 6.31. The Morgan fingerprint density at radius 2 is 1.06 bits per heavy atom. The zero-order chi connectivity index (χ0) is 24.9. The van der Waals surface area contributed by atoms with Gasteiger partial charge in [0.05, 0.1) is 5.56 Å². The van der Waals surface area contributed by atoms with Crippen LogP contribution in [-0.4, -0.2) is 5.97 Å². The fourth-order valence-corrected chi connectivity index (χ4v) is 4.22. The lowest BCUT2D eigenvalue weighted by Crippen LogP contribution is -2.23. The maximum absolute atomic E-state index is 13.4. The highest BCUT2D eigenvalue weighted by molar-refractivity contribution is 5.92. The summed E-state index contributed by atoms with van der Waals surface area (Å²) in [6.07, 6.45) is 0. The van der Waals surface area contributed by atoms with Gasteiger partial charge < -0.3 is 4.74 Å². The third-order valence-electron chi connectivity index (χ3n) is 6.12.